The molecule has 0 amide bonds. The molecule has 0 bridgehead atoms. The molecule has 0 unspecified atom stereocenters. The standard InChI is InChI=1S/C21H20N4O2S3/c1-14-20(30(26,27)25-9-7-16-5-3-4-6-19(16)25)15(2)24(23-14)11-18-13-29-21(22-18)17-8-10-28-12-17/h3-6,8,10,12-13H,7,9,11H2,1-2H3. The van der Waals surface area contributed by atoms with Gasteiger partial charge in [-0.25, -0.2) is 13.4 Å². The van der Waals surface area contributed by atoms with Gasteiger partial charge >= 0.3 is 0 Å². The minimum Gasteiger partial charge on any atom is -0.266 e. The first kappa shape index (κ1) is 19.5. The zero-order valence-corrected chi connectivity index (χ0v) is 19.0. The van der Waals surface area contributed by atoms with Gasteiger partial charge in [0.2, 0.25) is 0 Å². The number of benzene rings is 1. The van der Waals surface area contributed by atoms with Gasteiger partial charge in [-0.2, -0.15) is 16.4 Å². The fraction of sp³-hybridized carbons (Fsp3) is 0.238. The van der Waals surface area contributed by atoms with Gasteiger partial charge in [0, 0.05) is 22.9 Å². The van der Waals surface area contributed by atoms with Crippen LogP contribution in [0.1, 0.15) is 22.6 Å². The first-order valence-corrected chi connectivity index (χ1v) is 12.8. The Kier molecular flexibility index (Phi) is 4.76. The number of rotatable bonds is 5. The van der Waals surface area contributed by atoms with Crippen LogP contribution in [0.5, 0.6) is 0 Å². The molecule has 0 saturated heterocycles. The largest absolute Gasteiger partial charge is 0.268 e. The SMILES string of the molecule is Cc1nn(Cc2csc(-c3ccsc3)n2)c(C)c1S(=O)(=O)N1CCc2ccccc21. The van der Waals surface area contributed by atoms with Crippen LogP contribution in [-0.4, -0.2) is 29.7 Å². The molecule has 9 heteroatoms. The molecule has 0 N–H and O–H groups in total. The molecular formula is C21H20N4O2S3. The van der Waals surface area contributed by atoms with E-state index in [1.54, 1.807) is 34.3 Å². The van der Waals surface area contributed by atoms with Gasteiger partial charge in [-0.15, -0.1) is 11.3 Å². The van der Waals surface area contributed by atoms with E-state index in [0.717, 1.165) is 33.9 Å². The van der Waals surface area contributed by atoms with E-state index in [4.69, 9.17) is 4.98 Å². The van der Waals surface area contributed by atoms with Crippen LogP contribution in [-0.2, 0) is 23.0 Å². The Balaban J connectivity index is 1.47. The molecule has 0 spiro atoms. The first-order valence-electron chi connectivity index (χ1n) is 9.57. The third kappa shape index (κ3) is 3.17. The number of aryl methyl sites for hydroxylation is 1. The van der Waals surface area contributed by atoms with E-state index in [2.05, 4.69) is 16.5 Å². The highest BCUT2D eigenvalue weighted by Crippen LogP contribution is 2.35. The van der Waals surface area contributed by atoms with Crippen molar-refractivity contribution in [2.24, 2.45) is 0 Å². The molecule has 1 aliphatic rings. The summed E-state index contributed by atoms with van der Waals surface area (Å²) in [7, 11) is -3.68. The Bertz CT molecular complexity index is 1320. The third-order valence-electron chi connectivity index (χ3n) is 5.34. The number of thiophene rings is 1. The number of thiazole rings is 1. The van der Waals surface area contributed by atoms with E-state index >= 15 is 0 Å². The van der Waals surface area contributed by atoms with Gasteiger partial charge in [0.15, 0.2) is 0 Å². The summed E-state index contributed by atoms with van der Waals surface area (Å²) in [6, 6.07) is 9.73. The maximum Gasteiger partial charge on any atom is 0.268 e. The molecule has 5 rings (SSSR count). The fourth-order valence-corrected chi connectivity index (χ4v) is 7.33. The van der Waals surface area contributed by atoms with Gasteiger partial charge in [-0.3, -0.25) is 8.99 Å². The summed E-state index contributed by atoms with van der Waals surface area (Å²) < 4.78 is 30.3. The van der Waals surface area contributed by atoms with E-state index in [0.29, 0.717) is 29.4 Å². The van der Waals surface area contributed by atoms with Crippen molar-refractivity contribution in [1.82, 2.24) is 14.8 Å². The number of aromatic nitrogens is 3. The zero-order chi connectivity index (χ0) is 20.9. The van der Waals surface area contributed by atoms with E-state index < -0.39 is 10.0 Å². The summed E-state index contributed by atoms with van der Waals surface area (Å²) in [5.74, 6) is 0. The summed E-state index contributed by atoms with van der Waals surface area (Å²) >= 11 is 3.23. The minimum absolute atomic E-state index is 0.299. The monoisotopic (exact) mass is 456 g/mol. The number of nitrogens with zero attached hydrogens (tertiary/aromatic N) is 4. The van der Waals surface area contributed by atoms with Crippen LogP contribution in [0.25, 0.3) is 10.6 Å². The van der Waals surface area contributed by atoms with Crippen LogP contribution in [0.2, 0.25) is 0 Å². The highest BCUT2D eigenvalue weighted by Gasteiger charge is 2.35. The van der Waals surface area contributed by atoms with Crippen molar-refractivity contribution in [3.8, 4) is 10.6 Å². The van der Waals surface area contributed by atoms with E-state index in [1.165, 1.54) is 4.31 Å². The molecule has 6 nitrogen and oxygen atoms in total. The lowest BCUT2D eigenvalue weighted by molar-refractivity contribution is 0.590. The quantitative estimate of drug-likeness (QED) is 0.444. The second-order valence-corrected chi connectivity index (χ2v) is 10.7. The van der Waals surface area contributed by atoms with Crippen LogP contribution in [0, 0.1) is 13.8 Å². The van der Waals surface area contributed by atoms with Gasteiger partial charge in [-0.05, 0) is 43.3 Å². The van der Waals surface area contributed by atoms with Gasteiger partial charge in [0.25, 0.3) is 10.0 Å². The predicted molar refractivity (Wildman–Crippen MR) is 121 cm³/mol. The highest BCUT2D eigenvalue weighted by atomic mass is 32.2. The molecule has 1 aliphatic heterocycles. The predicted octanol–water partition coefficient (Wildman–Crippen LogP) is 4.48. The molecule has 30 heavy (non-hydrogen) atoms. The van der Waals surface area contributed by atoms with Crippen molar-refractivity contribution in [2.45, 2.75) is 31.7 Å². The molecule has 0 atom stereocenters. The molecule has 1 aromatic carbocycles. The number of sulfonamides is 1. The van der Waals surface area contributed by atoms with E-state index in [9.17, 15) is 8.42 Å². The zero-order valence-electron chi connectivity index (χ0n) is 16.6. The summed E-state index contributed by atoms with van der Waals surface area (Å²) in [6.07, 6.45) is 0.728. The lowest BCUT2D eigenvalue weighted by Gasteiger charge is -2.19. The molecule has 0 saturated carbocycles. The first-order chi connectivity index (χ1) is 14.4. The topological polar surface area (TPSA) is 68.1 Å². The minimum atomic E-state index is -3.68. The van der Waals surface area contributed by atoms with Gasteiger partial charge in [-0.1, -0.05) is 18.2 Å². The smallest absolute Gasteiger partial charge is 0.266 e. The lowest BCUT2D eigenvalue weighted by Crippen LogP contribution is -2.30. The normalized spacial score (nSPS) is 13.7. The number of fused-ring (bicyclic) bond motifs is 1. The molecule has 154 valence electrons. The third-order valence-corrected chi connectivity index (χ3v) is 9.03. The lowest BCUT2D eigenvalue weighted by atomic mass is 10.2. The van der Waals surface area contributed by atoms with Crippen molar-refractivity contribution in [3.63, 3.8) is 0 Å². The number of para-hydroxylation sites is 1. The Morgan fingerprint density at radius 3 is 2.77 bits per heavy atom. The molecule has 4 aromatic rings. The van der Waals surface area contributed by atoms with Crippen molar-refractivity contribution < 1.29 is 8.42 Å². The van der Waals surface area contributed by atoms with Crippen LogP contribution in [0.15, 0.2) is 51.4 Å². The molecule has 3 aromatic heterocycles. The molecular weight excluding hydrogens is 436 g/mol. The summed E-state index contributed by atoms with van der Waals surface area (Å²) in [4.78, 5) is 5.00. The Morgan fingerprint density at radius 1 is 1.13 bits per heavy atom. The van der Waals surface area contributed by atoms with Gasteiger partial charge in [0.1, 0.15) is 9.90 Å². The van der Waals surface area contributed by atoms with Gasteiger partial charge in [0.05, 0.1) is 29.3 Å². The Labute approximate surface area is 183 Å². The maximum absolute atomic E-state index is 13.5. The number of hydrogen-bond acceptors (Lipinski definition) is 6. The highest BCUT2D eigenvalue weighted by molar-refractivity contribution is 7.93. The second-order valence-electron chi connectivity index (χ2n) is 7.27. The van der Waals surface area contributed by atoms with Gasteiger partial charge < -0.3 is 0 Å². The van der Waals surface area contributed by atoms with E-state index in [-0.39, 0.29) is 0 Å². The fourth-order valence-electron chi connectivity index (χ4n) is 3.93. The number of anilines is 1. The number of hydrogen-bond donors (Lipinski definition) is 0. The molecule has 4 heterocycles. The van der Waals surface area contributed by atoms with E-state index in [1.807, 2.05) is 41.9 Å². The maximum atomic E-state index is 13.5. The summed E-state index contributed by atoms with van der Waals surface area (Å²) in [5, 5.41) is 11.6. The van der Waals surface area contributed by atoms with Crippen LogP contribution >= 0.6 is 22.7 Å². The average Bonchev–Trinajstić information content (AvgIpc) is 3.48. The van der Waals surface area contributed by atoms with Crippen LogP contribution in [0.3, 0.4) is 0 Å². The van der Waals surface area contributed by atoms with Crippen molar-refractivity contribution in [1.29, 1.82) is 0 Å². The summed E-state index contributed by atoms with van der Waals surface area (Å²) in [5.41, 5.74) is 4.98. The Morgan fingerprint density at radius 2 is 1.97 bits per heavy atom. The van der Waals surface area contributed by atoms with Crippen LogP contribution in [0.4, 0.5) is 5.69 Å². The Hall–Kier alpha value is -2.49. The van der Waals surface area contributed by atoms with Crippen molar-refractivity contribution in [3.05, 3.63) is 69.1 Å². The molecule has 0 fully saturated rings. The van der Waals surface area contributed by atoms with Crippen molar-refractivity contribution >= 4 is 38.4 Å². The van der Waals surface area contributed by atoms with Crippen LogP contribution < -0.4 is 4.31 Å². The summed E-state index contributed by atoms with van der Waals surface area (Å²) in [6.45, 7) is 4.48. The second kappa shape index (κ2) is 7.33. The molecule has 0 radical (unpaired) electrons. The molecule has 0 aliphatic carbocycles. The average molecular weight is 457 g/mol. The van der Waals surface area contributed by atoms with Crippen molar-refractivity contribution in [2.75, 3.05) is 10.8 Å².